The van der Waals surface area contributed by atoms with Gasteiger partial charge in [0.1, 0.15) is 17.2 Å². The van der Waals surface area contributed by atoms with Gasteiger partial charge in [-0.1, -0.05) is 6.08 Å². The molecule has 10 nitrogen and oxygen atoms in total. The molecular weight excluding hydrogens is 370 g/mol. The fraction of sp³-hybridized carbons (Fsp3) is 0.333. The van der Waals surface area contributed by atoms with Gasteiger partial charge in [-0.2, -0.15) is 0 Å². The first kappa shape index (κ1) is 20.7. The van der Waals surface area contributed by atoms with Gasteiger partial charge < -0.3 is 20.3 Å². The number of hydrogen-bond acceptors (Lipinski definition) is 7. The lowest BCUT2D eigenvalue weighted by atomic mass is 10.0. The molecule has 0 unspecified atom stereocenters. The molecule has 3 N–H and O–H groups in total. The molecule has 0 bridgehead atoms. The van der Waals surface area contributed by atoms with Gasteiger partial charge in [-0.3, -0.25) is 15.0 Å². The minimum atomic E-state index is -1.53. The predicted molar refractivity (Wildman–Crippen MR) is 98.7 cm³/mol. The van der Waals surface area contributed by atoms with Crippen molar-refractivity contribution in [3.05, 3.63) is 57.4 Å². The lowest BCUT2D eigenvalue weighted by Crippen LogP contribution is -2.41. The van der Waals surface area contributed by atoms with Crippen LogP contribution < -0.4 is 10.5 Å². The predicted octanol–water partition coefficient (Wildman–Crippen LogP) is 3.17. The summed E-state index contributed by atoms with van der Waals surface area (Å²) < 4.78 is 10.0. The van der Waals surface area contributed by atoms with Crippen LogP contribution in [0, 0.1) is 10.1 Å². The molecule has 1 amide bonds. The smallest absolute Gasteiger partial charge is 0.449 e. The van der Waals surface area contributed by atoms with Crippen LogP contribution in [0.25, 0.3) is 0 Å². The van der Waals surface area contributed by atoms with Crippen molar-refractivity contribution in [2.75, 3.05) is 6.54 Å². The lowest BCUT2D eigenvalue weighted by Gasteiger charge is -2.30. The number of amides is 1. The molecule has 2 rings (SSSR count). The number of nitrogens with two attached hydrogens (primary N) is 1. The number of rotatable bonds is 4. The highest BCUT2D eigenvalue weighted by atomic mass is 16.7. The van der Waals surface area contributed by atoms with Crippen LogP contribution in [0.3, 0.4) is 0 Å². The van der Waals surface area contributed by atoms with Crippen LogP contribution in [0.2, 0.25) is 0 Å². The number of carboxylic acid groups (broad SMARTS) is 1. The molecule has 0 fully saturated rings. The maximum Gasteiger partial charge on any atom is 0.511 e. The molecule has 1 aliphatic rings. The quantitative estimate of drug-likeness (QED) is 0.344. The largest absolute Gasteiger partial charge is 0.511 e. The molecule has 1 aromatic carbocycles. The molecule has 0 saturated carbocycles. The Labute approximate surface area is 161 Å². The van der Waals surface area contributed by atoms with Crippen molar-refractivity contribution in [2.45, 2.75) is 32.8 Å². The summed E-state index contributed by atoms with van der Waals surface area (Å²) in [7, 11) is 0. The first-order valence-electron chi connectivity index (χ1n) is 8.30. The highest BCUT2D eigenvalue weighted by Crippen LogP contribution is 2.28. The van der Waals surface area contributed by atoms with E-state index in [2.05, 4.69) is 0 Å². The number of hydrogen-bond donors (Lipinski definition) is 2. The molecule has 0 atom stereocenters. The highest BCUT2D eigenvalue weighted by Gasteiger charge is 2.26. The van der Waals surface area contributed by atoms with Gasteiger partial charge in [0.2, 0.25) is 0 Å². The third-order valence-electron chi connectivity index (χ3n) is 3.65. The molecule has 0 spiro atoms. The Morgan fingerprint density at radius 3 is 2.57 bits per heavy atom. The number of carbonyl (C=O) groups is 2. The molecule has 10 heteroatoms. The monoisotopic (exact) mass is 391 g/mol. The van der Waals surface area contributed by atoms with Crippen molar-refractivity contribution in [1.29, 1.82) is 0 Å². The highest BCUT2D eigenvalue weighted by molar-refractivity contribution is 5.71. The number of carbonyl (C=O) groups excluding carboxylic acids is 1. The molecular formula is C18H21N3O7. The van der Waals surface area contributed by atoms with Crippen molar-refractivity contribution < 1.29 is 29.1 Å². The maximum absolute atomic E-state index is 12.3. The standard InChI is InChI=1S/C18H21N3O7/c1-18(2,3)28-16(22)20-10-11(4-7-15(20)19)8-12-9-13(21(25)26)5-6-14(12)27-17(23)24/h4-7,9H,8,10,19H2,1-3H3,(H,23,24). The summed E-state index contributed by atoms with van der Waals surface area (Å²) in [5, 5.41) is 19.9. The molecule has 0 saturated heterocycles. The normalized spacial score (nSPS) is 14.0. The zero-order chi connectivity index (χ0) is 21.1. The van der Waals surface area contributed by atoms with E-state index < -0.39 is 22.8 Å². The summed E-state index contributed by atoms with van der Waals surface area (Å²) in [6.45, 7) is 5.27. The number of benzene rings is 1. The van der Waals surface area contributed by atoms with E-state index in [0.717, 1.165) is 6.07 Å². The van der Waals surface area contributed by atoms with Gasteiger partial charge in [0.05, 0.1) is 11.5 Å². The van der Waals surface area contributed by atoms with Crippen LogP contribution in [-0.2, 0) is 11.2 Å². The fourth-order valence-electron chi connectivity index (χ4n) is 2.50. The van der Waals surface area contributed by atoms with Crippen LogP contribution in [0.1, 0.15) is 26.3 Å². The number of allylic oxidation sites excluding steroid dienone is 2. The number of ether oxygens (including phenoxy) is 2. The van der Waals surface area contributed by atoms with Gasteiger partial charge in [0.15, 0.2) is 0 Å². The summed E-state index contributed by atoms with van der Waals surface area (Å²) in [5.41, 5.74) is 5.91. The van der Waals surface area contributed by atoms with Crippen LogP contribution in [0.5, 0.6) is 5.75 Å². The molecule has 0 aliphatic carbocycles. The van der Waals surface area contributed by atoms with E-state index in [9.17, 15) is 19.7 Å². The van der Waals surface area contributed by atoms with E-state index in [0.29, 0.717) is 11.1 Å². The van der Waals surface area contributed by atoms with Crippen molar-refractivity contribution in [1.82, 2.24) is 4.90 Å². The molecule has 150 valence electrons. The van der Waals surface area contributed by atoms with Gasteiger partial charge in [0.25, 0.3) is 5.69 Å². The Bertz CT molecular complexity index is 868. The zero-order valence-electron chi connectivity index (χ0n) is 15.7. The lowest BCUT2D eigenvalue weighted by molar-refractivity contribution is -0.384. The van der Waals surface area contributed by atoms with E-state index in [1.54, 1.807) is 26.8 Å². The van der Waals surface area contributed by atoms with Crippen molar-refractivity contribution in [3.63, 3.8) is 0 Å². The number of nitrogens with zero attached hydrogens (tertiary/aromatic N) is 2. The van der Waals surface area contributed by atoms with E-state index in [-0.39, 0.29) is 30.2 Å². The first-order valence-corrected chi connectivity index (χ1v) is 8.30. The third-order valence-corrected chi connectivity index (χ3v) is 3.65. The summed E-state index contributed by atoms with van der Waals surface area (Å²) in [6, 6.07) is 3.61. The summed E-state index contributed by atoms with van der Waals surface area (Å²) in [4.78, 5) is 34.9. The summed E-state index contributed by atoms with van der Waals surface area (Å²) in [5.74, 6) is 0.171. The molecule has 1 aromatic rings. The van der Waals surface area contributed by atoms with Gasteiger partial charge >= 0.3 is 12.2 Å². The Morgan fingerprint density at radius 2 is 2.00 bits per heavy atom. The first-order chi connectivity index (χ1) is 13.0. The Hall–Kier alpha value is -3.56. The maximum atomic E-state index is 12.3. The van der Waals surface area contributed by atoms with E-state index in [1.165, 1.54) is 23.1 Å². The summed E-state index contributed by atoms with van der Waals surface area (Å²) in [6.07, 6.45) is 1.13. The van der Waals surface area contributed by atoms with E-state index >= 15 is 0 Å². The Kier molecular flexibility index (Phi) is 5.92. The van der Waals surface area contributed by atoms with Gasteiger partial charge in [0, 0.05) is 17.7 Å². The SMILES string of the molecule is CC(C)(C)OC(=O)N1CC(Cc2cc([N+](=O)[O-])ccc2OC(=O)O)=CC=C1N. The number of nitro benzene ring substituents is 1. The van der Waals surface area contributed by atoms with Crippen molar-refractivity contribution in [3.8, 4) is 5.75 Å². The zero-order valence-corrected chi connectivity index (χ0v) is 15.7. The fourth-order valence-corrected chi connectivity index (χ4v) is 2.50. The third kappa shape index (κ3) is 5.47. The van der Waals surface area contributed by atoms with Crippen molar-refractivity contribution in [2.24, 2.45) is 5.73 Å². The topological polar surface area (TPSA) is 145 Å². The van der Waals surface area contributed by atoms with E-state index in [1.807, 2.05) is 0 Å². The van der Waals surface area contributed by atoms with Crippen LogP contribution in [0.4, 0.5) is 15.3 Å². The minimum Gasteiger partial charge on any atom is -0.449 e. The van der Waals surface area contributed by atoms with E-state index in [4.69, 9.17) is 20.3 Å². The van der Waals surface area contributed by atoms with Gasteiger partial charge in [-0.15, -0.1) is 0 Å². The van der Waals surface area contributed by atoms with Crippen LogP contribution >= 0.6 is 0 Å². The average molecular weight is 391 g/mol. The minimum absolute atomic E-state index is 0.0228. The Balaban J connectivity index is 2.27. The molecule has 1 heterocycles. The summed E-state index contributed by atoms with van der Waals surface area (Å²) >= 11 is 0. The number of nitro groups is 1. The Morgan fingerprint density at radius 1 is 1.32 bits per heavy atom. The van der Waals surface area contributed by atoms with Gasteiger partial charge in [-0.05, 0) is 44.9 Å². The molecule has 28 heavy (non-hydrogen) atoms. The van der Waals surface area contributed by atoms with Crippen LogP contribution in [-0.4, -0.2) is 39.3 Å². The average Bonchev–Trinajstić information content (AvgIpc) is 2.55. The molecule has 0 aromatic heterocycles. The van der Waals surface area contributed by atoms with Gasteiger partial charge in [-0.25, -0.2) is 9.59 Å². The van der Waals surface area contributed by atoms with Crippen LogP contribution in [0.15, 0.2) is 41.7 Å². The number of non-ortho nitro benzene ring substituents is 1. The second-order valence-corrected chi connectivity index (χ2v) is 7.08. The second kappa shape index (κ2) is 7.99. The molecule has 1 aliphatic heterocycles. The second-order valence-electron chi connectivity index (χ2n) is 7.08. The van der Waals surface area contributed by atoms with Crippen molar-refractivity contribution >= 4 is 17.9 Å². The molecule has 0 radical (unpaired) electrons.